The standard InChI is InChI=1S/C29H33F3N2O4S/c1-18-17-33-24-4-3-20(38-2)15-21(24)27(18)25(35)5-6-29(16-26(36)37)7-9-34(10-8-29)11-12-39-28-22(31)13-19(30)14-23(28)32/h3-4,13-15,17,25,35H,5-12,16H2,1-2H3,(H,36,37). The zero-order chi connectivity index (χ0) is 28.2. The summed E-state index contributed by atoms with van der Waals surface area (Å²) in [5.74, 6) is -2.55. The molecular weight excluding hydrogens is 529 g/mol. The third kappa shape index (κ3) is 7.04. The quantitative estimate of drug-likeness (QED) is 0.272. The van der Waals surface area contributed by atoms with Gasteiger partial charge in [-0.25, -0.2) is 13.2 Å². The zero-order valence-electron chi connectivity index (χ0n) is 22.1. The van der Waals surface area contributed by atoms with Crippen molar-refractivity contribution in [2.75, 3.05) is 32.5 Å². The molecule has 0 amide bonds. The number of benzene rings is 2. The van der Waals surface area contributed by atoms with Crippen molar-refractivity contribution < 1.29 is 32.9 Å². The van der Waals surface area contributed by atoms with E-state index in [1.165, 1.54) is 0 Å². The number of halogens is 3. The van der Waals surface area contributed by atoms with Crippen LogP contribution >= 0.6 is 11.8 Å². The predicted octanol–water partition coefficient (Wildman–Crippen LogP) is 6.13. The highest BCUT2D eigenvalue weighted by Crippen LogP contribution is 2.42. The fourth-order valence-corrected chi connectivity index (χ4v) is 6.43. The summed E-state index contributed by atoms with van der Waals surface area (Å²) < 4.78 is 46.4. The largest absolute Gasteiger partial charge is 0.497 e. The van der Waals surface area contributed by atoms with E-state index in [4.69, 9.17) is 4.74 Å². The first-order chi connectivity index (χ1) is 18.6. The molecule has 2 aromatic carbocycles. The summed E-state index contributed by atoms with van der Waals surface area (Å²) in [7, 11) is 1.58. The molecule has 1 saturated heterocycles. The van der Waals surface area contributed by atoms with Crippen molar-refractivity contribution in [1.29, 1.82) is 0 Å². The first-order valence-corrected chi connectivity index (χ1v) is 13.9. The molecule has 1 aliphatic rings. The van der Waals surface area contributed by atoms with Crippen LogP contribution in [0, 0.1) is 29.8 Å². The molecule has 1 unspecified atom stereocenters. The van der Waals surface area contributed by atoms with Gasteiger partial charge in [-0.2, -0.15) is 0 Å². The lowest BCUT2D eigenvalue weighted by molar-refractivity contribution is -0.141. The fourth-order valence-electron chi connectivity index (χ4n) is 5.48. The molecule has 1 atom stereocenters. The van der Waals surface area contributed by atoms with Gasteiger partial charge in [-0.15, -0.1) is 11.8 Å². The first kappa shape index (κ1) is 29.2. The minimum Gasteiger partial charge on any atom is -0.497 e. The molecular formula is C29H33F3N2O4S. The second-order valence-electron chi connectivity index (χ2n) is 10.3. The first-order valence-electron chi connectivity index (χ1n) is 12.9. The number of aliphatic hydroxyl groups excluding tert-OH is 1. The summed E-state index contributed by atoms with van der Waals surface area (Å²) >= 11 is 1.00. The van der Waals surface area contributed by atoms with Crippen LogP contribution in [0.15, 0.2) is 41.4 Å². The van der Waals surface area contributed by atoms with Crippen LogP contribution in [0.1, 0.15) is 49.3 Å². The molecule has 6 nitrogen and oxygen atoms in total. The Balaban J connectivity index is 1.39. The summed E-state index contributed by atoms with van der Waals surface area (Å²) in [6, 6.07) is 6.88. The number of methoxy groups -OCH3 is 1. The SMILES string of the molecule is COc1ccc2ncc(C)c(C(O)CCC3(CC(=O)O)CCN(CCSc4c(F)cc(F)cc4F)CC3)c2c1. The zero-order valence-corrected chi connectivity index (χ0v) is 22.9. The van der Waals surface area contributed by atoms with Gasteiger partial charge in [0, 0.05) is 36.0 Å². The molecule has 4 rings (SSSR count). The molecule has 1 aliphatic heterocycles. The number of aliphatic carboxylic acids is 1. The summed E-state index contributed by atoms with van der Waals surface area (Å²) in [5.41, 5.74) is 1.93. The summed E-state index contributed by atoms with van der Waals surface area (Å²) in [6.07, 6.45) is 3.19. The number of aromatic nitrogens is 1. The summed E-state index contributed by atoms with van der Waals surface area (Å²) in [4.78, 5) is 18.2. The van der Waals surface area contributed by atoms with Gasteiger partial charge in [0.05, 0.1) is 30.0 Å². The number of rotatable bonds is 11. The number of thioether (sulfide) groups is 1. The topological polar surface area (TPSA) is 82.9 Å². The number of hydrogen-bond donors (Lipinski definition) is 2. The molecule has 2 heterocycles. The molecule has 0 radical (unpaired) electrons. The number of likely N-dealkylation sites (tertiary alicyclic amines) is 1. The van der Waals surface area contributed by atoms with E-state index in [9.17, 15) is 28.2 Å². The molecule has 0 spiro atoms. The number of aryl methyl sites for hydroxylation is 1. The maximum atomic E-state index is 13.9. The van der Waals surface area contributed by atoms with Crippen molar-refractivity contribution >= 4 is 28.6 Å². The number of pyridine rings is 1. The minimum atomic E-state index is -0.947. The average molecular weight is 563 g/mol. The second kappa shape index (κ2) is 12.6. The van der Waals surface area contributed by atoms with Crippen LogP contribution in [-0.4, -0.2) is 58.6 Å². The molecule has 1 aromatic heterocycles. The monoisotopic (exact) mass is 562 g/mol. The predicted molar refractivity (Wildman–Crippen MR) is 145 cm³/mol. The lowest BCUT2D eigenvalue weighted by atomic mass is 9.71. The van der Waals surface area contributed by atoms with Crippen molar-refractivity contribution in [2.24, 2.45) is 5.41 Å². The van der Waals surface area contributed by atoms with E-state index in [0.717, 1.165) is 33.8 Å². The molecule has 1 fully saturated rings. The Morgan fingerprint density at radius 2 is 1.87 bits per heavy atom. The number of fused-ring (bicyclic) bond motifs is 1. The number of piperidine rings is 1. The molecule has 3 aromatic rings. The lowest BCUT2D eigenvalue weighted by Gasteiger charge is -2.41. The van der Waals surface area contributed by atoms with Gasteiger partial charge in [-0.05, 0) is 80.4 Å². The number of nitrogens with zero attached hydrogens (tertiary/aromatic N) is 2. The van der Waals surface area contributed by atoms with Crippen LogP contribution < -0.4 is 4.74 Å². The molecule has 2 N–H and O–H groups in total. The van der Waals surface area contributed by atoms with E-state index in [0.29, 0.717) is 69.0 Å². The van der Waals surface area contributed by atoms with Crippen molar-refractivity contribution in [2.45, 2.75) is 50.0 Å². The van der Waals surface area contributed by atoms with Crippen LogP contribution in [0.3, 0.4) is 0 Å². The van der Waals surface area contributed by atoms with Gasteiger partial charge in [-0.1, -0.05) is 0 Å². The highest BCUT2D eigenvalue weighted by atomic mass is 32.2. The lowest BCUT2D eigenvalue weighted by Crippen LogP contribution is -2.42. The third-order valence-electron chi connectivity index (χ3n) is 7.66. The van der Waals surface area contributed by atoms with E-state index < -0.39 is 34.9 Å². The summed E-state index contributed by atoms with van der Waals surface area (Å²) in [6.45, 7) is 3.76. The third-order valence-corrected chi connectivity index (χ3v) is 8.72. The van der Waals surface area contributed by atoms with Gasteiger partial charge in [0.15, 0.2) is 0 Å². The Bertz CT molecular complexity index is 1310. The van der Waals surface area contributed by atoms with E-state index in [1.807, 2.05) is 25.1 Å². The number of hydrogen-bond acceptors (Lipinski definition) is 6. The van der Waals surface area contributed by atoms with E-state index in [2.05, 4.69) is 9.88 Å². The van der Waals surface area contributed by atoms with Gasteiger partial charge in [0.25, 0.3) is 0 Å². The summed E-state index contributed by atoms with van der Waals surface area (Å²) in [5, 5.41) is 21.7. The maximum absolute atomic E-state index is 13.9. The Morgan fingerprint density at radius 3 is 2.51 bits per heavy atom. The van der Waals surface area contributed by atoms with Crippen LogP contribution in [0.4, 0.5) is 13.2 Å². The Labute approximate surface area is 230 Å². The van der Waals surface area contributed by atoms with Crippen LogP contribution in [0.2, 0.25) is 0 Å². The number of aliphatic hydroxyl groups is 1. The van der Waals surface area contributed by atoms with Crippen molar-refractivity contribution in [3.05, 3.63) is 65.1 Å². The number of carboxylic acids is 1. The molecule has 39 heavy (non-hydrogen) atoms. The Kier molecular flexibility index (Phi) is 9.40. The van der Waals surface area contributed by atoms with Gasteiger partial charge in [0.1, 0.15) is 23.2 Å². The van der Waals surface area contributed by atoms with Crippen molar-refractivity contribution in [1.82, 2.24) is 9.88 Å². The van der Waals surface area contributed by atoms with E-state index in [-0.39, 0.29) is 11.3 Å². The molecule has 210 valence electrons. The minimum absolute atomic E-state index is 0.0121. The van der Waals surface area contributed by atoms with Crippen molar-refractivity contribution in [3.63, 3.8) is 0 Å². The number of ether oxygens (including phenoxy) is 1. The molecule has 0 bridgehead atoms. The Hall–Kier alpha value is -2.82. The average Bonchev–Trinajstić information content (AvgIpc) is 2.89. The van der Waals surface area contributed by atoms with E-state index in [1.54, 1.807) is 13.3 Å². The normalized spacial score (nSPS) is 16.4. The highest BCUT2D eigenvalue weighted by molar-refractivity contribution is 7.99. The Morgan fingerprint density at radius 1 is 1.18 bits per heavy atom. The number of carboxylic acid groups (broad SMARTS) is 1. The van der Waals surface area contributed by atoms with Gasteiger partial charge < -0.3 is 19.8 Å². The fraction of sp³-hybridized carbons (Fsp3) is 0.448. The van der Waals surface area contributed by atoms with Crippen LogP contribution in [0.5, 0.6) is 5.75 Å². The molecule has 0 aliphatic carbocycles. The molecule has 0 saturated carbocycles. The van der Waals surface area contributed by atoms with Crippen LogP contribution in [-0.2, 0) is 4.79 Å². The highest BCUT2D eigenvalue weighted by Gasteiger charge is 2.37. The second-order valence-corrected chi connectivity index (χ2v) is 11.4. The smallest absolute Gasteiger partial charge is 0.303 e. The van der Waals surface area contributed by atoms with Gasteiger partial charge in [0.2, 0.25) is 0 Å². The maximum Gasteiger partial charge on any atom is 0.303 e. The van der Waals surface area contributed by atoms with Gasteiger partial charge in [-0.3, -0.25) is 9.78 Å². The van der Waals surface area contributed by atoms with Crippen LogP contribution in [0.25, 0.3) is 10.9 Å². The van der Waals surface area contributed by atoms with Crippen molar-refractivity contribution in [3.8, 4) is 5.75 Å². The van der Waals surface area contributed by atoms with E-state index >= 15 is 0 Å². The van der Waals surface area contributed by atoms with Gasteiger partial charge >= 0.3 is 5.97 Å². The number of carbonyl (C=O) groups is 1. The molecule has 10 heteroatoms.